The van der Waals surface area contributed by atoms with Crippen LogP contribution in [0.1, 0.15) is 79.1 Å². The largest absolute Gasteiger partial charge is 0.497 e. The first-order chi connectivity index (χ1) is 28.2. The van der Waals surface area contributed by atoms with Gasteiger partial charge in [-0.25, -0.2) is 9.78 Å². The third-order valence-corrected chi connectivity index (χ3v) is 12.2. The number of ether oxygens (including phenoxy) is 3. The summed E-state index contributed by atoms with van der Waals surface area (Å²) in [6, 6.07) is 16.2. The molecule has 316 valence electrons. The molecule has 3 aliphatic rings. The van der Waals surface area contributed by atoms with Crippen LogP contribution >= 0.6 is 0 Å². The summed E-state index contributed by atoms with van der Waals surface area (Å²) >= 11 is 0. The number of fused-ring (bicyclic) bond motifs is 1. The van der Waals surface area contributed by atoms with Gasteiger partial charge in [-0.15, -0.1) is 6.58 Å². The normalized spacial score (nSPS) is 23.4. The Bertz CT molecular complexity index is 2040. The quantitative estimate of drug-likeness (QED) is 0.128. The average molecular weight is 810 g/mol. The van der Waals surface area contributed by atoms with Gasteiger partial charge in [-0.2, -0.15) is 0 Å². The molecule has 1 aromatic heterocycles. The molecular formula is C46H59N5O8. The van der Waals surface area contributed by atoms with E-state index in [-0.39, 0.29) is 43.9 Å². The van der Waals surface area contributed by atoms with Crippen molar-refractivity contribution >= 4 is 40.5 Å². The molecule has 0 saturated heterocycles. The lowest BCUT2D eigenvalue weighted by Gasteiger charge is -2.33. The van der Waals surface area contributed by atoms with Gasteiger partial charge in [0, 0.05) is 42.1 Å². The zero-order valence-electron chi connectivity index (χ0n) is 35.2. The summed E-state index contributed by atoms with van der Waals surface area (Å²) in [7, 11) is 3.36. The van der Waals surface area contributed by atoms with Crippen molar-refractivity contribution in [3.63, 3.8) is 0 Å². The summed E-state index contributed by atoms with van der Waals surface area (Å²) in [6.45, 7) is 11.0. The van der Waals surface area contributed by atoms with Crippen molar-refractivity contribution in [2.24, 2.45) is 23.2 Å². The Morgan fingerprint density at radius 3 is 2.31 bits per heavy atom. The highest BCUT2D eigenvalue weighted by molar-refractivity contribution is 5.97. The van der Waals surface area contributed by atoms with E-state index in [1.54, 1.807) is 32.1 Å². The summed E-state index contributed by atoms with van der Waals surface area (Å²) in [5.41, 5.74) is 0.165. The molecule has 4 amide bonds. The van der Waals surface area contributed by atoms with Crippen LogP contribution in [0.25, 0.3) is 22.2 Å². The Kier molecular flexibility index (Phi) is 13.3. The first kappa shape index (κ1) is 43.1. The molecule has 2 aromatic carbocycles. The third kappa shape index (κ3) is 9.71. The maximum Gasteiger partial charge on any atom is 0.332 e. The van der Waals surface area contributed by atoms with E-state index in [0.717, 1.165) is 43.1 Å². The van der Waals surface area contributed by atoms with E-state index in [1.165, 1.54) is 0 Å². The summed E-state index contributed by atoms with van der Waals surface area (Å²) in [6.07, 6.45) is 6.82. The molecule has 1 heterocycles. The van der Waals surface area contributed by atoms with Crippen molar-refractivity contribution in [1.29, 1.82) is 0 Å². The molecule has 3 fully saturated rings. The highest BCUT2D eigenvalue weighted by Crippen LogP contribution is 2.47. The number of pyridine rings is 1. The zero-order valence-corrected chi connectivity index (χ0v) is 35.2. The lowest BCUT2D eigenvalue weighted by molar-refractivity contribution is -0.150. The summed E-state index contributed by atoms with van der Waals surface area (Å²) in [4.78, 5) is 75.6. The number of esters is 1. The van der Waals surface area contributed by atoms with E-state index in [1.807, 2.05) is 75.4 Å². The lowest BCUT2D eigenvalue weighted by Crippen LogP contribution is -2.57. The lowest BCUT2D eigenvalue weighted by atomic mass is 9.85. The number of hydrogen-bond acceptors (Lipinski definition) is 9. The van der Waals surface area contributed by atoms with Crippen LogP contribution in [0.3, 0.4) is 0 Å². The van der Waals surface area contributed by atoms with Crippen LogP contribution in [0.4, 0.5) is 0 Å². The van der Waals surface area contributed by atoms with Gasteiger partial charge in [0.25, 0.3) is 0 Å². The first-order valence-corrected chi connectivity index (χ1v) is 20.9. The molecule has 0 bridgehead atoms. The van der Waals surface area contributed by atoms with Crippen LogP contribution in [-0.4, -0.2) is 90.5 Å². The Morgan fingerprint density at radius 2 is 1.68 bits per heavy atom. The topological polar surface area (TPSA) is 165 Å². The van der Waals surface area contributed by atoms with Crippen molar-refractivity contribution < 1.29 is 38.2 Å². The van der Waals surface area contributed by atoms with E-state index in [0.29, 0.717) is 29.1 Å². The number of nitrogens with one attached hydrogen (secondary N) is 3. The molecule has 0 radical (unpaired) electrons. The Morgan fingerprint density at radius 1 is 0.983 bits per heavy atom. The summed E-state index contributed by atoms with van der Waals surface area (Å²) in [5.74, 6) is -3.26. The number of rotatable bonds is 15. The van der Waals surface area contributed by atoms with E-state index in [9.17, 15) is 24.0 Å². The maximum absolute atomic E-state index is 14.5. The molecular weight excluding hydrogens is 751 g/mol. The fourth-order valence-electron chi connectivity index (χ4n) is 8.56. The van der Waals surface area contributed by atoms with Crippen molar-refractivity contribution in [3.05, 3.63) is 67.3 Å². The summed E-state index contributed by atoms with van der Waals surface area (Å²) < 4.78 is 17.6. The number of carbonyl (C=O) groups excluding carboxylic acids is 5. The predicted octanol–water partition coefficient (Wildman–Crippen LogP) is 5.75. The molecule has 59 heavy (non-hydrogen) atoms. The molecule has 0 aliphatic heterocycles. The monoisotopic (exact) mass is 809 g/mol. The standard InChI is InChI=1S/C46H59N5O8/c1-8-29-26-46(29,44(56)58-9-2)50-42(54)35-23-32(59-38-25-36(28-16-12-10-13-17-28)48-37-24-31(57-7)20-21-33(37)38)22-34(35)41(53)49-40(45(3,4)5)43(55)47-27-39(52)51(6)30-18-14-11-15-19-30/h8,10,12-13,16-17,20-21,24-25,29-30,32,34-35,40H,1,9,11,14-15,18-19,22-23,26-27H2,2-7H3,(H,47,55)(H,49,53)(H,50,54)/t29-,32+,34-,35-,40-,46+/m1/s1. The van der Waals surface area contributed by atoms with Crippen molar-refractivity contribution in [3.8, 4) is 22.8 Å². The third-order valence-electron chi connectivity index (χ3n) is 12.2. The van der Waals surface area contributed by atoms with Crippen LogP contribution in [0.2, 0.25) is 0 Å². The molecule has 0 spiro atoms. The zero-order chi connectivity index (χ0) is 42.5. The highest BCUT2D eigenvalue weighted by Gasteiger charge is 2.62. The van der Waals surface area contributed by atoms with Gasteiger partial charge in [0.05, 0.1) is 43.3 Å². The van der Waals surface area contributed by atoms with Crippen LogP contribution < -0.4 is 25.4 Å². The highest BCUT2D eigenvalue weighted by atomic mass is 16.5. The second-order valence-electron chi connectivity index (χ2n) is 17.2. The van der Waals surface area contributed by atoms with Crippen molar-refractivity contribution in [2.75, 3.05) is 27.3 Å². The minimum Gasteiger partial charge on any atom is -0.497 e. The molecule has 3 N–H and O–H groups in total. The van der Waals surface area contributed by atoms with Crippen molar-refractivity contribution in [1.82, 2.24) is 25.8 Å². The Hall–Kier alpha value is -5.46. The number of aromatic nitrogens is 1. The number of methoxy groups -OCH3 is 1. The number of nitrogens with zero attached hydrogens (tertiary/aromatic N) is 2. The van der Waals surface area contributed by atoms with Crippen LogP contribution in [0.15, 0.2) is 67.3 Å². The fourth-order valence-corrected chi connectivity index (χ4v) is 8.56. The first-order valence-electron chi connectivity index (χ1n) is 20.9. The van der Waals surface area contributed by atoms with E-state index in [2.05, 4.69) is 22.5 Å². The Balaban J connectivity index is 1.26. The average Bonchev–Trinajstić information content (AvgIpc) is 3.79. The predicted molar refractivity (Wildman–Crippen MR) is 224 cm³/mol. The van der Waals surface area contributed by atoms with Gasteiger partial charge in [0.2, 0.25) is 23.6 Å². The minimum atomic E-state index is -1.27. The maximum atomic E-state index is 14.5. The summed E-state index contributed by atoms with van der Waals surface area (Å²) in [5, 5.41) is 9.40. The van der Waals surface area contributed by atoms with Gasteiger partial charge in [-0.1, -0.05) is 76.4 Å². The van der Waals surface area contributed by atoms with Gasteiger partial charge in [-0.3, -0.25) is 19.2 Å². The molecule has 0 unspecified atom stereocenters. The van der Waals surface area contributed by atoms with Gasteiger partial charge >= 0.3 is 5.97 Å². The molecule has 3 saturated carbocycles. The second-order valence-corrected chi connectivity index (χ2v) is 17.2. The fraction of sp³-hybridized carbons (Fsp3) is 0.522. The molecule has 3 aromatic rings. The Labute approximate surface area is 347 Å². The number of amides is 4. The van der Waals surface area contributed by atoms with Gasteiger partial charge in [0.1, 0.15) is 29.2 Å². The molecule has 3 aliphatic carbocycles. The van der Waals surface area contributed by atoms with Crippen molar-refractivity contribution in [2.45, 2.75) is 103 Å². The van der Waals surface area contributed by atoms with Crippen LogP contribution in [-0.2, 0) is 28.7 Å². The molecule has 6 atom stereocenters. The minimum absolute atomic E-state index is 0.139. The number of benzene rings is 2. The van der Waals surface area contributed by atoms with E-state index < -0.39 is 58.6 Å². The SMILES string of the molecule is C=C[C@@H]1C[C@@]1(NC(=O)[C@@H]1C[C@@H](Oc2cc(-c3ccccc3)nc3cc(OC)ccc23)C[C@H]1C(=O)N[C@H](C(=O)NCC(=O)N(C)C1CCCCC1)C(C)(C)C)C(=O)OCC. The van der Waals surface area contributed by atoms with Gasteiger partial charge < -0.3 is 35.1 Å². The van der Waals surface area contributed by atoms with E-state index in [4.69, 9.17) is 19.2 Å². The molecule has 6 rings (SSSR count). The number of hydrogen-bond donors (Lipinski definition) is 3. The molecule has 13 heteroatoms. The molecule has 13 nitrogen and oxygen atoms in total. The van der Waals surface area contributed by atoms with E-state index >= 15 is 0 Å². The van der Waals surface area contributed by atoms with Crippen LogP contribution in [0.5, 0.6) is 11.5 Å². The number of likely N-dealkylation sites (N-methyl/N-ethyl adjacent to an activating group) is 1. The van der Waals surface area contributed by atoms with Gasteiger partial charge in [-0.05, 0) is 56.6 Å². The van der Waals surface area contributed by atoms with Crippen LogP contribution in [0, 0.1) is 23.2 Å². The second kappa shape index (κ2) is 18.2. The van der Waals surface area contributed by atoms with Gasteiger partial charge in [0.15, 0.2) is 0 Å². The smallest absolute Gasteiger partial charge is 0.332 e. The number of carbonyl (C=O) groups is 5.